The van der Waals surface area contributed by atoms with Crippen LogP contribution in [-0.2, 0) is 19.6 Å². The van der Waals surface area contributed by atoms with E-state index in [1.54, 1.807) is 43.3 Å². The van der Waals surface area contributed by atoms with E-state index in [-0.39, 0.29) is 27.7 Å². The Hall–Kier alpha value is -3.07. The highest BCUT2D eigenvalue weighted by Crippen LogP contribution is 2.26. The summed E-state index contributed by atoms with van der Waals surface area (Å²) in [7, 11) is -3.92. The molecule has 0 heterocycles. The van der Waals surface area contributed by atoms with Crippen LogP contribution < -0.4 is 9.62 Å². The Balaban J connectivity index is 1.71. The lowest BCUT2D eigenvalue weighted by Gasteiger charge is -2.23. The number of anilines is 2. The van der Waals surface area contributed by atoms with E-state index in [2.05, 4.69) is 5.32 Å². The Morgan fingerprint density at radius 2 is 1.70 bits per heavy atom. The fourth-order valence-corrected chi connectivity index (χ4v) is 4.85. The summed E-state index contributed by atoms with van der Waals surface area (Å²) >= 11 is 11.9. The number of carbonyl (C=O) groups excluding carboxylic acids is 2. The maximum absolute atomic E-state index is 13.2. The lowest BCUT2D eigenvalue weighted by molar-refractivity contribution is -0.119. The number of carbonyl (C=O) groups is 2. The first-order chi connectivity index (χ1) is 15.7. The maximum atomic E-state index is 13.2. The van der Waals surface area contributed by atoms with Crippen LogP contribution in [-0.4, -0.2) is 33.4 Å². The SMILES string of the molecule is CCN(c1ccccc1)S(=O)(=O)c1cccc(C(=O)OCC(=O)Nc2cc(Cl)ccc2Cl)c1. The fourth-order valence-electron chi connectivity index (χ4n) is 2.99. The number of para-hydroxylation sites is 1. The van der Waals surface area contributed by atoms with E-state index in [0.29, 0.717) is 10.7 Å². The number of ether oxygens (including phenoxy) is 1. The average molecular weight is 507 g/mol. The number of hydrogen-bond acceptors (Lipinski definition) is 5. The Labute approximate surface area is 201 Å². The minimum atomic E-state index is -3.92. The van der Waals surface area contributed by atoms with Gasteiger partial charge in [-0.05, 0) is 55.5 Å². The van der Waals surface area contributed by atoms with Gasteiger partial charge in [0.1, 0.15) is 0 Å². The molecule has 0 radical (unpaired) electrons. The average Bonchev–Trinajstić information content (AvgIpc) is 2.81. The summed E-state index contributed by atoms with van der Waals surface area (Å²) in [6.45, 7) is 1.32. The molecule has 0 fully saturated rings. The molecule has 1 amide bonds. The third kappa shape index (κ3) is 6.04. The molecule has 0 saturated carbocycles. The molecule has 0 spiro atoms. The Morgan fingerprint density at radius 3 is 2.39 bits per heavy atom. The molecule has 0 aliphatic rings. The summed E-state index contributed by atoms with van der Waals surface area (Å²) in [5, 5.41) is 3.15. The molecule has 0 bridgehead atoms. The van der Waals surface area contributed by atoms with E-state index in [0.717, 1.165) is 0 Å². The highest BCUT2D eigenvalue weighted by atomic mass is 35.5. The second-order valence-electron chi connectivity index (χ2n) is 6.78. The van der Waals surface area contributed by atoms with Gasteiger partial charge in [0.05, 0.1) is 26.9 Å². The summed E-state index contributed by atoms with van der Waals surface area (Å²) in [5.74, 6) is -1.47. The molecule has 3 aromatic rings. The van der Waals surface area contributed by atoms with Crippen LogP contribution in [0.15, 0.2) is 77.7 Å². The number of halogens is 2. The van der Waals surface area contributed by atoms with Gasteiger partial charge in [-0.2, -0.15) is 0 Å². The standard InChI is InChI=1S/C23H20Cl2N2O5S/c1-2-27(18-8-4-3-5-9-18)33(30,31)19-10-6-7-16(13-19)23(29)32-15-22(28)26-21-14-17(24)11-12-20(21)25/h3-14H,2,15H2,1H3,(H,26,28). The van der Waals surface area contributed by atoms with Crippen molar-refractivity contribution in [1.82, 2.24) is 0 Å². The lowest BCUT2D eigenvalue weighted by atomic mass is 10.2. The van der Waals surface area contributed by atoms with Crippen molar-refractivity contribution in [1.29, 1.82) is 0 Å². The monoisotopic (exact) mass is 506 g/mol. The Kier molecular flexibility index (Phi) is 7.97. The number of rotatable bonds is 8. The molecule has 7 nitrogen and oxygen atoms in total. The third-order valence-electron chi connectivity index (χ3n) is 4.53. The number of esters is 1. The molecule has 1 N–H and O–H groups in total. The van der Waals surface area contributed by atoms with Gasteiger partial charge in [-0.25, -0.2) is 13.2 Å². The van der Waals surface area contributed by atoms with Crippen molar-refractivity contribution in [3.8, 4) is 0 Å². The van der Waals surface area contributed by atoms with Gasteiger partial charge in [-0.3, -0.25) is 9.10 Å². The van der Waals surface area contributed by atoms with E-state index >= 15 is 0 Å². The molecule has 33 heavy (non-hydrogen) atoms. The normalized spacial score (nSPS) is 11.0. The Morgan fingerprint density at radius 1 is 0.970 bits per heavy atom. The molecule has 0 unspecified atom stereocenters. The predicted octanol–water partition coefficient (Wildman–Crippen LogP) is 5.00. The van der Waals surface area contributed by atoms with E-state index in [4.69, 9.17) is 27.9 Å². The number of sulfonamides is 1. The van der Waals surface area contributed by atoms with Crippen molar-refractivity contribution in [2.45, 2.75) is 11.8 Å². The van der Waals surface area contributed by atoms with Crippen LogP contribution in [0.5, 0.6) is 0 Å². The van der Waals surface area contributed by atoms with Crippen molar-refractivity contribution >= 4 is 56.5 Å². The molecule has 0 saturated heterocycles. The van der Waals surface area contributed by atoms with Crippen LogP contribution in [0.3, 0.4) is 0 Å². The molecule has 10 heteroatoms. The fraction of sp³-hybridized carbons (Fsp3) is 0.130. The summed E-state index contributed by atoms with van der Waals surface area (Å²) in [6.07, 6.45) is 0. The topological polar surface area (TPSA) is 92.8 Å². The minimum absolute atomic E-state index is 0.00576. The van der Waals surface area contributed by atoms with Gasteiger partial charge in [-0.15, -0.1) is 0 Å². The second-order valence-corrected chi connectivity index (χ2v) is 9.49. The van der Waals surface area contributed by atoms with Gasteiger partial charge in [0.25, 0.3) is 15.9 Å². The zero-order valence-corrected chi connectivity index (χ0v) is 19.8. The van der Waals surface area contributed by atoms with Crippen LogP contribution in [0.25, 0.3) is 0 Å². The van der Waals surface area contributed by atoms with Gasteiger partial charge in [-0.1, -0.05) is 47.5 Å². The molecule has 0 aliphatic carbocycles. The van der Waals surface area contributed by atoms with Crippen LogP contribution >= 0.6 is 23.2 Å². The highest BCUT2D eigenvalue weighted by Gasteiger charge is 2.24. The molecule has 0 atom stereocenters. The van der Waals surface area contributed by atoms with Crippen molar-refractivity contribution in [3.63, 3.8) is 0 Å². The van der Waals surface area contributed by atoms with Gasteiger partial charge < -0.3 is 10.1 Å². The van der Waals surface area contributed by atoms with Crippen molar-refractivity contribution in [3.05, 3.63) is 88.4 Å². The van der Waals surface area contributed by atoms with Crippen LogP contribution in [0, 0.1) is 0 Å². The van der Waals surface area contributed by atoms with Gasteiger partial charge in [0.15, 0.2) is 6.61 Å². The quantitative estimate of drug-likeness (QED) is 0.433. The maximum Gasteiger partial charge on any atom is 0.338 e. The number of amides is 1. The largest absolute Gasteiger partial charge is 0.452 e. The number of benzene rings is 3. The summed E-state index contributed by atoms with van der Waals surface area (Å²) in [4.78, 5) is 24.5. The number of nitrogens with one attached hydrogen (secondary N) is 1. The van der Waals surface area contributed by atoms with E-state index in [1.807, 2.05) is 0 Å². The first-order valence-corrected chi connectivity index (χ1v) is 12.0. The molecule has 3 rings (SSSR count). The Bertz CT molecular complexity index is 1270. The summed E-state index contributed by atoms with van der Waals surface area (Å²) in [6, 6.07) is 18.6. The second kappa shape index (κ2) is 10.7. The minimum Gasteiger partial charge on any atom is -0.452 e. The zero-order chi connectivity index (χ0) is 24.0. The number of nitrogens with zero attached hydrogens (tertiary/aromatic N) is 1. The third-order valence-corrected chi connectivity index (χ3v) is 6.99. The van der Waals surface area contributed by atoms with E-state index in [1.165, 1.54) is 40.7 Å². The van der Waals surface area contributed by atoms with Crippen LogP contribution in [0.2, 0.25) is 10.0 Å². The zero-order valence-electron chi connectivity index (χ0n) is 17.5. The number of hydrogen-bond donors (Lipinski definition) is 1. The van der Waals surface area contributed by atoms with Gasteiger partial charge >= 0.3 is 5.97 Å². The van der Waals surface area contributed by atoms with E-state index in [9.17, 15) is 18.0 Å². The summed E-state index contributed by atoms with van der Waals surface area (Å²) in [5.41, 5.74) is 0.775. The molecular formula is C23H20Cl2N2O5S. The molecular weight excluding hydrogens is 487 g/mol. The molecule has 0 aliphatic heterocycles. The van der Waals surface area contributed by atoms with Crippen molar-refractivity contribution in [2.24, 2.45) is 0 Å². The highest BCUT2D eigenvalue weighted by molar-refractivity contribution is 7.92. The summed E-state index contributed by atoms with van der Waals surface area (Å²) < 4.78 is 32.6. The molecule has 172 valence electrons. The van der Waals surface area contributed by atoms with Crippen molar-refractivity contribution < 1.29 is 22.7 Å². The van der Waals surface area contributed by atoms with Crippen LogP contribution in [0.4, 0.5) is 11.4 Å². The molecule has 0 aromatic heterocycles. The van der Waals surface area contributed by atoms with Crippen molar-refractivity contribution in [2.75, 3.05) is 22.8 Å². The predicted molar refractivity (Wildman–Crippen MR) is 128 cm³/mol. The van der Waals surface area contributed by atoms with Gasteiger partial charge in [0, 0.05) is 11.6 Å². The first kappa shape index (κ1) is 24.6. The lowest BCUT2D eigenvalue weighted by Crippen LogP contribution is -2.30. The van der Waals surface area contributed by atoms with Crippen LogP contribution in [0.1, 0.15) is 17.3 Å². The smallest absolute Gasteiger partial charge is 0.338 e. The molecule has 3 aromatic carbocycles. The first-order valence-electron chi connectivity index (χ1n) is 9.82. The van der Waals surface area contributed by atoms with Gasteiger partial charge in [0.2, 0.25) is 0 Å². The van der Waals surface area contributed by atoms with E-state index < -0.39 is 28.5 Å².